The van der Waals surface area contributed by atoms with Crippen LogP contribution in [-0.4, -0.2) is 24.2 Å². The highest BCUT2D eigenvalue weighted by atomic mass is 35.5. The van der Waals surface area contributed by atoms with Gasteiger partial charge < -0.3 is 4.84 Å². The molecule has 0 radical (unpaired) electrons. The van der Waals surface area contributed by atoms with E-state index in [1.165, 1.54) is 11.4 Å². The Morgan fingerprint density at radius 1 is 1.50 bits per heavy atom. The second kappa shape index (κ2) is 4.81. The average Bonchev–Trinajstić information content (AvgIpc) is 2.29. The smallest absolute Gasteiger partial charge is 0.156 e. The van der Waals surface area contributed by atoms with Crippen LogP contribution in [0.5, 0.6) is 5.75 Å². The van der Waals surface area contributed by atoms with Crippen molar-refractivity contribution in [3.8, 4) is 5.75 Å². The van der Waals surface area contributed by atoms with Gasteiger partial charge >= 0.3 is 0 Å². The first kappa shape index (κ1) is 10.7. The molecule has 0 atom stereocenters. The second-order valence-electron chi connectivity index (χ2n) is 3.20. The van der Waals surface area contributed by atoms with E-state index in [0.29, 0.717) is 22.9 Å². The van der Waals surface area contributed by atoms with Crippen LogP contribution in [0, 0.1) is 0 Å². The first-order chi connectivity index (χ1) is 7.78. The normalized spacial score (nSPS) is 14.6. The van der Waals surface area contributed by atoms with Crippen LogP contribution in [0.15, 0.2) is 40.5 Å². The van der Waals surface area contributed by atoms with Crippen LogP contribution in [0.4, 0.5) is 0 Å². The van der Waals surface area contributed by atoms with Crippen LogP contribution in [0.3, 0.4) is 0 Å². The molecule has 16 heavy (non-hydrogen) atoms. The molecule has 0 aliphatic carbocycles. The highest BCUT2D eigenvalue weighted by Crippen LogP contribution is 2.15. The van der Waals surface area contributed by atoms with Gasteiger partial charge in [-0.15, -0.1) is 0 Å². The quantitative estimate of drug-likeness (QED) is 0.756. The van der Waals surface area contributed by atoms with Crippen molar-refractivity contribution in [1.82, 2.24) is 5.06 Å². The summed E-state index contributed by atoms with van der Waals surface area (Å²) in [6.07, 6.45) is 3.85. The van der Waals surface area contributed by atoms with Crippen molar-refractivity contribution in [2.45, 2.75) is 0 Å². The van der Waals surface area contributed by atoms with Gasteiger partial charge in [-0.3, -0.25) is 4.79 Å². The highest BCUT2D eigenvalue weighted by molar-refractivity contribution is 6.30. The minimum absolute atomic E-state index is 0.441. The summed E-state index contributed by atoms with van der Waals surface area (Å²) in [6, 6.07) is 6.86. The molecule has 1 aliphatic rings. The van der Waals surface area contributed by atoms with Crippen molar-refractivity contribution < 1.29 is 9.63 Å². The van der Waals surface area contributed by atoms with Crippen molar-refractivity contribution in [3.05, 3.63) is 41.1 Å². The lowest BCUT2D eigenvalue weighted by molar-refractivity contribution is 0.0350. The standard InChI is InChI=1S/C11H9ClN2O2/c12-10-5-13-8-14(6-10)16-11-3-1-2-9(4-11)7-15/h1-5,7-8H,6H2. The number of rotatable bonds is 3. The zero-order valence-electron chi connectivity index (χ0n) is 8.34. The maximum Gasteiger partial charge on any atom is 0.156 e. The lowest BCUT2D eigenvalue weighted by atomic mass is 10.2. The van der Waals surface area contributed by atoms with E-state index in [4.69, 9.17) is 16.4 Å². The fraction of sp³-hybridized carbons (Fsp3) is 0.0909. The van der Waals surface area contributed by atoms with E-state index in [0.717, 1.165) is 6.29 Å². The van der Waals surface area contributed by atoms with E-state index < -0.39 is 0 Å². The Balaban J connectivity index is 2.06. The van der Waals surface area contributed by atoms with E-state index in [1.54, 1.807) is 30.5 Å². The van der Waals surface area contributed by atoms with Crippen LogP contribution in [0.1, 0.15) is 10.4 Å². The molecule has 1 aromatic carbocycles. The third-order valence-electron chi connectivity index (χ3n) is 1.93. The van der Waals surface area contributed by atoms with Gasteiger partial charge in [0, 0.05) is 11.8 Å². The van der Waals surface area contributed by atoms with Crippen molar-refractivity contribution in [3.63, 3.8) is 0 Å². The number of hydroxylamine groups is 2. The molecule has 0 spiro atoms. The molecule has 4 nitrogen and oxygen atoms in total. The molecule has 0 N–H and O–H groups in total. The van der Waals surface area contributed by atoms with Gasteiger partial charge in [-0.25, -0.2) is 4.99 Å². The van der Waals surface area contributed by atoms with Gasteiger partial charge in [0.25, 0.3) is 0 Å². The first-order valence-electron chi connectivity index (χ1n) is 4.65. The fourth-order valence-electron chi connectivity index (χ4n) is 1.25. The molecule has 1 aliphatic heterocycles. The molecule has 5 heteroatoms. The van der Waals surface area contributed by atoms with Crippen molar-refractivity contribution >= 4 is 24.2 Å². The van der Waals surface area contributed by atoms with E-state index >= 15 is 0 Å². The van der Waals surface area contributed by atoms with E-state index in [2.05, 4.69) is 4.99 Å². The summed E-state index contributed by atoms with van der Waals surface area (Å²) in [4.78, 5) is 19.9. The largest absolute Gasteiger partial charge is 0.378 e. The van der Waals surface area contributed by atoms with Crippen LogP contribution in [-0.2, 0) is 0 Å². The Labute approximate surface area is 97.7 Å². The zero-order valence-corrected chi connectivity index (χ0v) is 9.09. The summed E-state index contributed by atoms with van der Waals surface area (Å²) in [5, 5.41) is 2.08. The van der Waals surface area contributed by atoms with Crippen molar-refractivity contribution in [2.24, 2.45) is 4.99 Å². The molecule has 0 aromatic heterocycles. The van der Waals surface area contributed by atoms with Crippen molar-refractivity contribution in [2.75, 3.05) is 6.54 Å². The summed E-state index contributed by atoms with van der Waals surface area (Å²) in [5.74, 6) is 0.572. The molecule has 0 saturated carbocycles. The van der Waals surface area contributed by atoms with Crippen LogP contribution < -0.4 is 4.84 Å². The summed E-state index contributed by atoms with van der Waals surface area (Å²) in [6.45, 7) is 0.441. The molecule has 0 saturated heterocycles. The molecule has 1 heterocycles. The SMILES string of the molecule is O=Cc1cccc(ON2C=NC=C(Cl)C2)c1. The van der Waals surface area contributed by atoms with Gasteiger partial charge in [0.1, 0.15) is 12.6 Å². The Morgan fingerprint density at radius 2 is 2.38 bits per heavy atom. The average molecular weight is 237 g/mol. The molecular weight excluding hydrogens is 228 g/mol. The Kier molecular flexibility index (Phi) is 3.22. The molecule has 1 aromatic rings. The summed E-state index contributed by atoms with van der Waals surface area (Å²) in [7, 11) is 0. The Hall–Kier alpha value is -1.81. The number of aliphatic imine (C=N–C) groups is 1. The Bertz CT molecular complexity index is 457. The van der Waals surface area contributed by atoms with Crippen LogP contribution in [0.2, 0.25) is 0 Å². The first-order valence-corrected chi connectivity index (χ1v) is 5.03. The maximum absolute atomic E-state index is 10.6. The lowest BCUT2D eigenvalue weighted by Gasteiger charge is -2.21. The van der Waals surface area contributed by atoms with E-state index in [-0.39, 0.29) is 0 Å². The van der Waals surface area contributed by atoms with Gasteiger partial charge in [-0.1, -0.05) is 23.7 Å². The monoisotopic (exact) mass is 236 g/mol. The van der Waals surface area contributed by atoms with E-state index in [9.17, 15) is 4.79 Å². The van der Waals surface area contributed by atoms with Gasteiger partial charge in [-0.2, -0.15) is 5.06 Å². The van der Waals surface area contributed by atoms with Gasteiger partial charge in [0.2, 0.25) is 0 Å². The van der Waals surface area contributed by atoms with Gasteiger partial charge in [-0.05, 0) is 12.1 Å². The van der Waals surface area contributed by atoms with Gasteiger partial charge in [0.15, 0.2) is 5.75 Å². The number of nitrogens with zero attached hydrogens (tertiary/aromatic N) is 2. The van der Waals surface area contributed by atoms with Crippen molar-refractivity contribution in [1.29, 1.82) is 0 Å². The lowest BCUT2D eigenvalue weighted by Crippen LogP contribution is -2.28. The minimum Gasteiger partial charge on any atom is -0.378 e. The molecule has 2 rings (SSSR count). The third kappa shape index (κ3) is 2.61. The van der Waals surface area contributed by atoms with Crippen LogP contribution in [0.25, 0.3) is 0 Å². The summed E-state index contributed by atoms with van der Waals surface area (Å²) in [5.41, 5.74) is 0.563. The third-order valence-corrected chi connectivity index (χ3v) is 2.15. The predicted molar refractivity (Wildman–Crippen MR) is 61.6 cm³/mol. The maximum atomic E-state index is 10.6. The highest BCUT2D eigenvalue weighted by Gasteiger charge is 2.08. The predicted octanol–water partition coefficient (Wildman–Crippen LogP) is 2.22. The fourth-order valence-corrected chi connectivity index (χ4v) is 1.43. The molecule has 0 bridgehead atoms. The number of aldehydes is 1. The number of hydrogen-bond donors (Lipinski definition) is 0. The van der Waals surface area contributed by atoms with E-state index in [1.807, 2.05) is 0 Å². The summed E-state index contributed by atoms with van der Waals surface area (Å²) >= 11 is 5.81. The Morgan fingerprint density at radius 3 is 3.12 bits per heavy atom. The number of carbonyl (C=O) groups is 1. The number of hydrogen-bond acceptors (Lipinski definition) is 4. The zero-order chi connectivity index (χ0) is 11.4. The number of halogens is 1. The minimum atomic E-state index is 0.441. The molecule has 0 fully saturated rings. The summed E-state index contributed by atoms with van der Waals surface area (Å²) < 4.78 is 0. The van der Waals surface area contributed by atoms with Gasteiger partial charge in [0.05, 0.1) is 11.6 Å². The second-order valence-corrected chi connectivity index (χ2v) is 3.68. The molecule has 82 valence electrons. The number of carbonyl (C=O) groups excluding carboxylic acids is 1. The molecular formula is C11H9ClN2O2. The van der Waals surface area contributed by atoms with Crippen LogP contribution >= 0.6 is 11.6 Å². The topological polar surface area (TPSA) is 41.9 Å². The molecule has 0 unspecified atom stereocenters. The molecule has 0 amide bonds. The number of benzene rings is 1.